The smallest absolute Gasteiger partial charge is 0.337 e. The van der Waals surface area contributed by atoms with Gasteiger partial charge in [0.1, 0.15) is 0 Å². The van der Waals surface area contributed by atoms with Crippen LogP contribution in [0.15, 0.2) is 95.1 Å². The maximum atomic E-state index is 11.6. The minimum atomic E-state index is -1.00. The molecular formula is C25H20N4O2S. The average Bonchev–Trinajstić information content (AvgIpc) is 2.81. The van der Waals surface area contributed by atoms with Crippen molar-refractivity contribution in [2.24, 2.45) is 10.7 Å². The van der Waals surface area contributed by atoms with Crippen LogP contribution in [-0.2, 0) is 0 Å². The molecule has 4 rings (SSSR count). The number of aromatic nitrogens is 1. The summed E-state index contributed by atoms with van der Waals surface area (Å²) in [5, 5.41) is 13.6. The molecule has 0 spiro atoms. The Morgan fingerprint density at radius 2 is 1.81 bits per heavy atom. The SMILES string of the molecule is NC=CC=Nc1ccc(-c2ccc3ncc(S)c(Nc4ccccc4C(=O)O)c3c2)cc1. The zero-order chi connectivity index (χ0) is 22.5. The number of hydrogen-bond acceptors (Lipinski definition) is 6. The largest absolute Gasteiger partial charge is 0.478 e. The number of thiol groups is 1. The topological polar surface area (TPSA) is 101 Å². The van der Waals surface area contributed by atoms with Crippen LogP contribution in [0.4, 0.5) is 17.1 Å². The Hall–Kier alpha value is -4.10. The molecule has 1 aromatic heterocycles. The predicted octanol–water partition coefficient (Wildman–Crippen LogP) is 5.81. The molecule has 4 aromatic rings. The number of carboxylic acid groups (broad SMARTS) is 1. The molecule has 0 fully saturated rings. The van der Waals surface area contributed by atoms with Gasteiger partial charge in [0.05, 0.1) is 28.1 Å². The lowest BCUT2D eigenvalue weighted by molar-refractivity contribution is 0.0698. The molecular weight excluding hydrogens is 420 g/mol. The second kappa shape index (κ2) is 9.36. The molecule has 0 aliphatic heterocycles. The Morgan fingerprint density at radius 1 is 1.06 bits per heavy atom. The Balaban J connectivity index is 1.75. The summed E-state index contributed by atoms with van der Waals surface area (Å²) in [6, 6.07) is 20.6. The van der Waals surface area contributed by atoms with E-state index in [2.05, 4.69) is 27.9 Å². The Kier molecular flexibility index (Phi) is 6.19. The number of aliphatic imine (C=N–C) groups is 1. The average molecular weight is 441 g/mol. The van der Waals surface area contributed by atoms with Crippen LogP contribution in [0.5, 0.6) is 0 Å². The zero-order valence-corrected chi connectivity index (χ0v) is 17.8. The number of fused-ring (bicyclic) bond motifs is 1. The molecule has 6 nitrogen and oxygen atoms in total. The minimum Gasteiger partial charge on any atom is -0.478 e. The van der Waals surface area contributed by atoms with E-state index in [1.807, 2.05) is 42.5 Å². The lowest BCUT2D eigenvalue weighted by Crippen LogP contribution is -2.03. The van der Waals surface area contributed by atoms with Gasteiger partial charge in [0, 0.05) is 22.7 Å². The van der Waals surface area contributed by atoms with E-state index in [1.54, 1.807) is 42.8 Å². The number of pyridine rings is 1. The van der Waals surface area contributed by atoms with Crippen LogP contribution >= 0.6 is 12.6 Å². The van der Waals surface area contributed by atoms with Crippen molar-refractivity contribution >= 4 is 52.8 Å². The van der Waals surface area contributed by atoms with Crippen LogP contribution in [0.2, 0.25) is 0 Å². The van der Waals surface area contributed by atoms with E-state index in [0.29, 0.717) is 16.3 Å². The monoisotopic (exact) mass is 440 g/mol. The lowest BCUT2D eigenvalue weighted by atomic mass is 10.0. The number of anilines is 2. The first-order valence-electron chi connectivity index (χ1n) is 9.79. The molecule has 0 aliphatic rings. The highest BCUT2D eigenvalue weighted by Crippen LogP contribution is 2.35. The van der Waals surface area contributed by atoms with Gasteiger partial charge < -0.3 is 16.2 Å². The molecule has 0 amide bonds. The van der Waals surface area contributed by atoms with Crippen molar-refractivity contribution in [3.05, 3.63) is 90.8 Å². The number of rotatable bonds is 6. The maximum Gasteiger partial charge on any atom is 0.337 e. The lowest BCUT2D eigenvalue weighted by Gasteiger charge is -2.15. The van der Waals surface area contributed by atoms with Gasteiger partial charge in [-0.3, -0.25) is 9.98 Å². The Morgan fingerprint density at radius 3 is 2.56 bits per heavy atom. The number of carbonyl (C=O) groups is 1. The summed E-state index contributed by atoms with van der Waals surface area (Å²) in [5.74, 6) is -1.00. The van der Waals surface area contributed by atoms with Crippen LogP contribution < -0.4 is 11.1 Å². The second-order valence-corrected chi connectivity index (χ2v) is 7.42. The van der Waals surface area contributed by atoms with E-state index in [-0.39, 0.29) is 5.56 Å². The van der Waals surface area contributed by atoms with Gasteiger partial charge in [0.15, 0.2) is 0 Å². The molecule has 0 saturated heterocycles. The molecule has 0 bridgehead atoms. The van der Waals surface area contributed by atoms with Crippen LogP contribution in [0.25, 0.3) is 22.0 Å². The van der Waals surface area contributed by atoms with E-state index in [0.717, 1.165) is 27.7 Å². The van der Waals surface area contributed by atoms with Crippen LogP contribution in [0.1, 0.15) is 10.4 Å². The van der Waals surface area contributed by atoms with E-state index in [4.69, 9.17) is 5.73 Å². The molecule has 158 valence electrons. The molecule has 3 aromatic carbocycles. The van der Waals surface area contributed by atoms with Gasteiger partial charge in [0.2, 0.25) is 0 Å². The third-order valence-corrected chi connectivity index (χ3v) is 5.23. The van der Waals surface area contributed by atoms with Crippen LogP contribution in [0.3, 0.4) is 0 Å². The number of carboxylic acids is 1. The fourth-order valence-electron chi connectivity index (χ4n) is 3.33. The first-order chi connectivity index (χ1) is 15.6. The van der Waals surface area contributed by atoms with E-state index in [9.17, 15) is 9.90 Å². The fraction of sp³-hybridized carbons (Fsp3) is 0. The van der Waals surface area contributed by atoms with Gasteiger partial charge >= 0.3 is 5.97 Å². The van der Waals surface area contributed by atoms with Gasteiger partial charge in [-0.2, -0.15) is 0 Å². The van der Waals surface area contributed by atoms with Gasteiger partial charge in [-0.1, -0.05) is 30.3 Å². The molecule has 7 heteroatoms. The van der Waals surface area contributed by atoms with Crippen molar-refractivity contribution in [2.75, 3.05) is 5.32 Å². The number of benzene rings is 3. The summed E-state index contributed by atoms with van der Waals surface area (Å²) < 4.78 is 0. The van der Waals surface area contributed by atoms with E-state index in [1.165, 1.54) is 6.20 Å². The standard InChI is InChI=1S/C25H20N4O2S/c26-12-3-13-27-18-9-6-16(7-10-18)17-8-11-21-20(14-17)24(23(32)15-28-21)29-22-5-2-1-4-19(22)25(30)31/h1-15,32H,26H2,(H,28,29)(H,30,31). The van der Waals surface area contributed by atoms with Crippen molar-refractivity contribution in [1.82, 2.24) is 4.98 Å². The third kappa shape index (κ3) is 4.48. The summed E-state index contributed by atoms with van der Waals surface area (Å²) in [6.07, 6.45) is 6.38. The number of nitrogens with zero attached hydrogens (tertiary/aromatic N) is 2. The Bertz CT molecular complexity index is 1350. The third-order valence-electron chi connectivity index (χ3n) is 4.89. The Labute approximate surface area is 190 Å². The van der Waals surface area contributed by atoms with Crippen molar-refractivity contribution in [3.63, 3.8) is 0 Å². The molecule has 0 atom stereocenters. The number of aromatic carboxylic acids is 1. The number of allylic oxidation sites excluding steroid dienone is 1. The quantitative estimate of drug-likeness (QED) is 0.224. The van der Waals surface area contributed by atoms with Crippen molar-refractivity contribution in [1.29, 1.82) is 0 Å². The highest BCUT2D eigenvalue weighted by Gasteiger charge is 2.13. The number of hydrogen-bond donors (Lipinski definition) is 4. The van der Waals surface area contributed by atoms with Gasteiger partial charge in [-0.05, 0) is 59.8 Å². The number of para-hydroxylation sites is 1. The second-order valence-electron chi connectivity index (χ2n) is 6.94. The first kappa shape index (κ1) is 21.1. The summed E-state index contributed by atoms with van der Waals surface area (Å²) >= 11 is 4.56. The minimum absolute atomic E-state index is 0.182. The van der Waals surface area contributed by atoms with Crippen molar-refractivity contribution in [3.8, 4) is 11.1 Å². The zero-order valence-electron chi connectivity index (χ0n) is 16.9. The summed E-state index contributed by atoms with van der Waals surface area (Å²) in [6.45, 7) is 0. The highest BCUT2D eigenvalue weighted by atomic mass is 32.1. The summed E-state index contributed by atoms with van der Waals surface area (Å²) in [7, 11) is 0. The molecule has 0 saturated carbocycles. The molecule has 4 N–H and O–H groups in total. The molecule has 0 aliphatic carbocycles. The molecule has 32 heavy (non-hydrogen) atoms. The van der Waals surface area contributed by atoms with Crippen molar-refractivity contribution in [2.45, 2.75) is 4.90 Å². The normalized spacial score (nSPS) is 11.4. The summed E-state index contributed by atoms with van der Waals surface area (Å²) in [4.78, 5) is 21.0. The molecule has 0 radical (unpaired) electrons. The highest BCUT2D eigenvalue weighted by molar-refractivity contribution is 7.80. The first-order valence-corrected chi connectivity index (χ1v) is 10.2. The molecule has 1 heterocycles. The van der Waals surface area contributed by atoms with Crippen molar-refractivity contribution < 1.29 is 9.90 Å². The van der Waals surface area contributed by atoms with Crippen LogP contribution in [-0.4, -0.2) is 22.3 Å². The maximum absolute atomic E-state index is 11.6. The fourth-order valence-corrected chi connectivity index (χ4v) is 3.56. The van der Waals surface area contributed by atoms with E-state index >= 15 is 0 Å². The van der Waals surface area contributed by atoms with Gasteiger partial charge in [-0.15, -0.1) is 12.6 Å². The van der Waals surface area contributed by atoms with Crippen LogP contribution in [0, 0.1) is 0 Å². The van der Waals surface area contributed by atoms with E-state index < -0.39 is 5.97 Å². The number of nitrogens with two attached hydrogens (primary N) is 1. The van der Waals surface area contributed by atoms with Gasteiger partial charge in [-0.25, -0.2) is 4.79 Å². The predicted molar refractivity (Wildman–Crippen MR) is 133 cm³/mol. The summed E-state index contributed by atoms with van der Waals surface area (Å²) in [5.41, 5.74) is 10.3. The number of nitrogens with one attached hydrogen (secondary N) is 1. The molecule has 0 unspecified atom stereocenters. The van der Waals surface area contributed by atoms with Gasteiger partial charge in [0.25, 0.3) is 0 Å².